The van der Waals surface area contributed by atoms with Crippen molar-refractivity contribution in [1.82, 2.24) is 19.9 Å². The number of fused-ring (bicyclic) bond motifs is 2. The summed E-state index contributed by atoms with van der Waals surface area (Å²) in [6.45, 7) is 2.46. The second kappa shape index (κ2) is 7.29. The zero-order valence-electron chi connectivity index (χ0n) is 19.5. The Balaban J connectivity index is 1.17. The van der Waals surface area contributed by atoms with Gasteiger partial charge in [0.25, 0.3) is 5.91 Å². The van der Waals surface area contributed by atoms with Gasteiger partial charge in [-0.25, -0.2) is 9.97 Å². The number of amides is 1. The van der Waals surface area contributed by atoms with Gasteiger partial charge in [-0.15, -0.1) is 0 Å². The molecule has 1 amide bonds. The fourth-order valence-corrected chi connectivity index (χ4v) is 6.03. The highest BCUT2D eigenvalue weighted by Crippen LogP contribution is 2.49. The Morgan fingerprint density at radius 2 is 1.94 bits per heavy atom. The van der Waals surface area contributed by atoms with Gasteiger partial charge in [-0.05, 0) is 59.9 Å². The first-order valence-corrected chi connectivity index (χ1v) is 12.0. The van der Waals surface area contributed by atoms with Gasteiger partial charge in [0.2, 0.25) is 0 Å². The third-order valence-corrected chi connectivity index (χ3v) is 7.79. The minimum Gasteiger partial charge on any atom is -0.393 e. The number of nitrogens with zero attached hydrogens (tertiary/aromatic N) is 4. The Kier molecular flexibility index (Phi) is 4.26. The molecular formula is C27H26N6O2. The van der Waals surface area contributed by atoms with Gasteiger partial charge in [0, 0.05) is 49.9 Å². The second-order valence-corrected chi connectivity index (χ2v) is 10.2. The van der Waals surface area contributed by atoms with E-state index in [1.165, 1.54) is 0 Å². The summed E-state index contributed by atoms with van der Waals surface area (Å²) in [5.74, 6) is 0.625. The molecule has 2 fully saturated rings. The molecule has 1 saturated heterocycles. The first-order chi connectivity index (χ1) is 17.0. The topological polar surface area (TPSA) is 95.3 Å². The lowest BCUT2D eigenvalue weighted by Crippen LogP contribution is -2.63. The number of aromatic nitrogens is 3. The summed E-state index contributed by atoms with van der Waals surface area (Å²) < 4.78 is 2.00. The third kappa shape index (κ3) is 3.13. The smallest absolute Gasteiger partial charge is 0.254 e. The Hall–Kier alpha value is -3.91. The van der Waals surface area contributed by atoms with Crippen LogP contribution in [-0.2, 0) is 13.6 Å². The Morgan fingerprint density at radius 1 is 1.09 bits per heavy atom. The van der Waals surface area contributed by atoms with Crippen LogP contribution in [0.2, 0.25) is 0 Å². The van der Waals surface area contributed by atoms with Gasteiger partial charge in [-0.2, -0.15) is 0 Å². The molecule has 8 nitrogen and oxygen atoms in total. The van der Waals surface area contributed by atoms with Crippen molar-refractivity contribution in [3.63, 3.8) is 0 Å². The van der Waals surface area contributed by atoms with Gasteiger partial charge < -0.3 is 25.2 Å². The van der Waals surface area contributed by atoms with Gasteiger partial charge in [0.1, 0.15) is 11.5 Å². The Bertz CT molecular complexity index is 1480. The van der Waals surface area contributed by atoms with Crippen molar-refractivity contribution in [1.29, 1.82) is 0 Å². The quantitative estimate of drug-likeness (QED) is 0.426. The highest BCUT2D eigenvalue weighted by molar-refractivity contribution is 6.07. The van der Waals surface area contributed by atoms with Crippen molar-refractivity contribution < 1.29 is 9.90 Å². The van der Waals surface area contributed by atoms with Crippen LogP contribution in [0.4, 0.5) is 17.2 Å². The van der Waals surface area contributed by atoms with Crippen LogP contribution in [0.5, 0.6) is 0 Å². The standard InChI is InChI=1S/C27H26N6O2/c1-32-9-7-20-19(6-8-28-25(20)32)18-3-4-22(24-21(18)13-30-26(24)35)31-23-5-2-16(12-29-23)33-14-27(15-33)10-17(34)11-27/h2-9,12,17,34H,10-11,13-15H2,1H3,(H,29,31)(H,30,35). The molecular weight excluding hydrogens is 440 g/mol. The maximum atomic E-state index is 12.8. The lowest BCUT2D eigenvalue weighted by Gasteiger charge is -2.58. The first-order valence-electron chi connectivity index (χ1n) is 12.0. The molecule has 0 unspecified atom stereocenters. The number of aliphatic hydroxyl groups is 1. The maximum Gasteiger partial charge on any atom is 0.254 e. The van der Waals surface area contributed by atoms with Crippen LogP contribution in [0, 0.1) is 5.41 Å². The summed E-state index contributed by atoms with van der Waals surface area (Å²) in [4.78, 5) is 24.2. The summed E-state index contributed by atoms with van der Waals surface area (Å²) in [6.07, 6.45) is 7.40. The van der Waals surface area contributed by atoms with E-state index in [0.29, 0.717) is 23.3 Å². The van der Waals surface area contributed by atoms with E-state index in [0.717, 1.165) is 65.0 Å². The van der Waals surface area contributed by atoms with Gasteiger partial charge in [0.15, 0.2) is 0 Å². The van der Waals surface area contributed by atoms with Gasteiger partial charge in [-0.1, -0.05) is 6.07 Å². The number of rotatable bonds is 4. The molecule has 4 aromatic rings. The molecule has 7 rings (SSSR count). The molecule has 35 heavy (non-hydrogen) atoms. The third-order valence-electron chi connectivity index (χ3n) is 7.79. The van der Waals surface area contributed by atoms with E-state index in [-0.39, 0.29) is 12.0 Å². The van der Waals surface area contributed by atoms with E-state index in [1.54, 1.807) is 0 Å². The molecule has 3 aromatic heterocycles. The molecule has 176 valence electrons. The lowest BCUT2D eigenvalue weighted by atomic mass is 9.62. The van der Waals surface area contributed by atoms with E-state index in [9.17, 15) is 9.90 Å². The van der Waals surface area contributed by atoms with Crippen LogP contribution in [0.25, 0.3) is 22.2 Å². The Labute approximate surface area is 202 Å². The molecule has 1 aromatic carbocycles. The molecule has 8 heteroatoms. The number of hydrogen-bond acceptors (Lipinski definition) is 6. The highest BCUT2D eigenvalue weighted by atomic mass is 16.3. The van der Waals surface area contributed by atoms with E-state index in [4.69, 9.17) is 0 Å². The fourth-order valence-electron chi connectivity index (χ4n) is 6.03. The van der Waals surface area contributed by atoms with Crippen LogP contribution >= 0.6 is 0 Å². The van der Waals surface area contributed by atoms with Crippen molar-refractivity contribution in [2.45, 2.75) is 25.5 Å². The summed E-state index contributed by atoms with van der Waals surface area (Å²) in [5, 5.41) is 17.0. The minimum atomic E-state index is -0.121. The van der Waals surface area contributed by atoms with E-state index in [1.807, 2.05) is 48.4 Å². The van der Waals surface area contributed by atoms with Crippen molar-refractivity contribution in [3.05, 3.63) is 66.1 Å². The van der Waals surface area contributed by atoms with E-state index < -0.39 is 0 Å². The summed E-state index contributed by atoms with van der Waals surface area (Å²) in [5.41, 5.74) is 6.84. The van der Waals surface area contributed by atoms with Crippen LogP contribution in [-0.4, -0.2) is 44.7 Å². The number of anilines is 3. The number of benzene rings is 1. The number of aliphatic hydroxyl groups excluding tert-OH is 1. The average Bonchev–Trinajstić information content (AvgIpc) is 3.40. The number of aryl methyl sites for hydroxylation is 1. The molecule has 2 aliphatic heterocycles. The minimum absolute atomic E-state index is 0.0760. The number of hydrogen-bond donors (Lipinski definition) is 3. The SMILES string of the molecule is Cn1ccc2c(-c3ccc(Nc4ccc(N5CC6(CC(O)C6)C5)cn4)c4c3CNC4=O)ccnc21. The maximum absolute atomic E-state index is 12.8. The zero-order chi connectivity index (χ0) is 23.7. The van der Waals surface area contributed by atoms with E-state index in [2.05, 4.69) is 43.7 Å². The number of nitrogens with one attached hydrogen (secondary N) is 2. The average molecular weight is 467 g/mol. The Morgan fingerprint density at radius 3 is 2.71 bits per heavy atom. The molecule has 3 aliphatic rings. The molecule has 0 atom stereocenters. The van der Waals surface area contributed by atoms with Crippen LogP contribution in [0.3, 0.4) is 0 Å². The normalized spacial score (nSPS) is 18.3. The number of carbonyl (C=O) groups is 1. The van der Waals surface area contributed by atoms with Crippen LogP contribution in [0.1, 0.15) is 28.8 Å². The van der Waals surface area contributed by atoms with E-state index >= 15 is 0 Å². The largest absolute Gasteiger partial charge is 0.393 e. The number of pyridine rings is 2. The molecule has 1 aliphatic carbocycles. The number of carbonyl (C=O) groups excluding carboxylic acids is 1. The molecule has 0 radical (unpaired) electrons. The van der Waals surface area contributed by atoms with Crippen molar-refractivity contribution in [3.8, 4) is 11.1 Å². The van der Waals surface area contributed by atoms with Gasteiger partial charge in [-0.3, -0.25) is 4.79 Å². The van der Waals surface area contributed by atoms with Crippen molar-refractivity contribution in [2.75, 3.05) is 23.3 Å². The predicted octanol–water partition coefficient (Wildman–Crippen LogP) is 3.58. The molecule has 1 saturated carbocycles. The highest BCUT2D eigenvalue weighted by Gasteiger charge is 2.51. The molecule has 0 bridgehead atoms. The second-order valence-electron chi connectivity index (χ2n) is 10.2. The van der Waals surface area contributed by atoms with Crippen LogP contribution in [0.15, 0.2) is 55.0 Å². The zero-order valence-corrected chi connectivity index (χ0v) is 19.5. The van der Waals surface area contributed by atoms with Crippen molar-refractivity contribution in [2.24, 2.45) is 12.5 Å². The van der Waals surface area contributed by atoms with Crippen LogP contribution < -0.4 is 15.5 Å². The summed E-state index contributed by atoms with van der Waals surface area (Å²) in [7, 11) is 1.98. The monoisotopic (exact) mass is 466 g/mol. The first kappa shape index (κ1) is 20.5. The van der Waals surface area contributed by atoms with Gasteiger partial charge in [0.05, 0.1) is 29.2 Å². The molecule has 3 N–H and O–H groups in total. The summed E-state index contributed by atoms with van der Waals surface area (Å²) in [6, 6.07) is 12.1. The predicted molar refractivity (Wildman–Crippen MR) is 135 cm³/mol. The molecule has 5 heterocycles. The van der Waals surface area contributed by atoms with Crippen molar-refractivity contribution >= 4 is 34.1 Å². The summed E-state index contributed by atoms with van der Waals surface area (Å²) >= 11 is 0. The molecule has 1 spiro atoms. The fraction of sp³-hybridized carbons (Fsp3) is 0.296. The van der Waals surface area contributed by atoms with Gasteiger partial charge >= 0.3 is 0 Å². The lowest BCUT2D eigenvalue weighted by molar-refractivity contribution is -0.0491.